The van der Waals surface area contributed by atoms with Crippen molar-refractivity contribution in [3.05, 3.63) is 40.5 Å². The molecular weight excluding hydrogens is 456 g/mol. The largest absolute Gasteiger partial charge is 0.486 e. The number of fused-ring (bicyclic) bond motifs is 2. The molecule has 0 aromatic heterocycles. The lowest BCUT2D eigenvalue weighted by molar-refractivity contribution is 0.0861. The lowest BCUT2D eigenvalue weighted by Gasteiger charge is -2.25. The number of rotatable bonds is 8. The first-order valence-corrected chi connectivity index (χ1v) is 11.2. The molecule has 4 amide bonds. The molecule has 35 heavy (non-hydrogen) atoms. The van der Waals surface area contributed by atoms with Gasteiger partial charge in [0.1, 0.15) is 16.9 Å². The first kappa shape index (κ1) is 24.1. The zero-order chi connectivity index (χ0) is 25.6. The minimum Gasteiger partial charge on any atom is -0.486 e. The minimum absolute atomic E-state index is 0.00118. The van der Waals surface area contributed by atoms with Crippen LogP contribution in [0.5, 0.6) is 28.7 Å². The fourth-order valence-electron chi connectivity index (χ4n) is 3.78. The first-order valence-electron chi connectivity index (χ1n) is 11.2. The second kappa shape index (κ2) is 8.94. The molecule has 10 heteroatoms. The van der Waals surface area contributed by atoms with Crippen LogP contribution in [0, 0.1) is 0 Å². The van der Waals surface area contributed by atoms with Crippen LogP contribution in [0.25, 0.3) is 0 Å². The highest BCUT2D eigenvalue weighted by atomic mass is 16.6. The van der Waals surface area contributed by atoms with Gasteiger partial charge in [0.15, 0.2) is 11.5 Å². The van der Waals surface area contributed by atoms with Crippen LogP contribution in [0.2, 0.25) is 0 Å². The Morgan fingerprint density at radius 2 is 1.03 bits per heavy atom. The molecule has 0 unspecified atom stereocenters. The van der Waals surface area contributed by atoms with Gasteiger partial charge >= 0.3 is 0 Å². The monoisotopic (exact) mass is 482 g/mol. The lowest BCUT2D eigenvalue weighted by Crippen LogP contribution is -2.20. The van der Waals surface area contributed by atoms with Crippen molar-refractivity contribution < 1.29 is 38.1 Å². The Balaban J connectivity index is 1.99. The molecule has 2 aliphatic heterocycles. The number of hydrogen-bond acceptors (Lipinski definition) is 8. The van der Waals surface area contributed by atoms with Crippen molar-refractivity contribution in [2.24, 2.45) is 0 Å². The van der Waals surface area contributed by atoms with Crippen molar-refractivity contribution in [3.8, 4) is 28.7 Å². The normalized spacial score (nSPS) is 14.3. The second-order valence-electron chi connectivity index (χ2n) is 8.94. The van der Waals surface area contributed by atoms with Crippen LogP contribution in [0.1, 0.15) is 83.0 Å². The lowest BCUT2D eigenvalue weighted by atomic mass is 10.0. The summed E-state index contributed by atoms with van der Waals surface area (Å²) in [5, 5.41) is 4.52. The van der Waals surface area contributed by atoms with E-state index in [0.717, 1.165) is 0 Å². The third kappa shape index (κ3) is 4.39. The number of benzene rings is 2. The van der Waals surface area contributed by atoms with Gasteiger partial charge in [-0.15, -0.1) is 0 Å². The molecule has 0 atom stereocenters. The Bertz CT molecular complexity index is 1260. The van der Waals surface area contributed by atoms with Crippen molar-refractivity contribution in [2.75, 3.05) is 0 Å². The van der Waals surface area contributed by atoms with Gasteiger partial charge < -0.3 is 18.9 Å². The van der Waals surface area contributed by atoms with Gasteiger partial charge in [0.05, 0.1) is 29.4 Å². The Kier molecular flexibility index (Phi) is 6.14. The Morgan fingerprint density at radius 3 is 1.57 bits per heavy atom. The molecule has 0 fully saturated rings. The molecule has 0 saturated heterocycles. The molecule has 184 valence electrons. The molecule has 2 aromatic carbocycles. The molecule has 4 rings (SSSR count). The van der Waals surface area contributed by atoms with E-state index in [1.54, 1.807) is 41.5 Å². The fraction of sp³-hybridized carbons (Fsp3) is 0.360. The van der Waals surface area contributed by atoms with E-state index in [1.807, 2.05) is 0 Å². The molecule has 0 bridgehead atoms. The van der Waals surface area contributed by atoms with Crippen LogP contribution < -0.4 is 29.6 Å². The summed E-state index contributed by atoms with van der Waals surface area (Å²) in [6.45, 7) is 10.6. The van der Waals surface area contributed by atoms with Crippen LogP contribution in [-0.2, 0) is 0 Å². The molecule has 0 aliphatic carbocycles. The van der Waals surface area contributed by atoms with Crippen molar-refractivity contribution >= 4 is 23.6 Å². The molecule has 10 nitrogen and oxygen atoms in total. The number of carbonyl (C=O) groups is 4. The van der Waals surface area contributed by atoms with Crippen molar-refractivity contribution in [1.29, 1.82) is 0 Å². The number of hydrogen-bond donors (Lipinski definition) is 2. The minimum atomic E-state index is -0.658. The van der Waals surface area contributed by atoms with Crippen LogP contribution >= 0.6 is 0 Å². The third-order valence-electron chi connectivity index (χ3n) is 4.99. The average Bonchev–Trinajstić information content (AvgIpc) is 3.20. The van der Waals surface area contributed by atoms with Gasteiger partial charge in [0.2, 0.25) is 11.5 Å². The summed E-state index contributed by atoms with van der Waals surface area (Å²) in [4.78, 5) is 49.7. The average molecular weight is 482 g/mol. The Hall–Kier alpha value is -4.08. The molecule has 2 heterocycles. The fourth-order valence-corrected chi connectivity index (χ4v) is 3.78. The molecular formula is C25H26N2O8. The van der Waals surface area contributed by atoms with Gasteiger partial charge in [-0.3, -0.25) is 29.8 Å². The molecule has 2 aliphatic rings. The summed E-state index contributed by atoms with van der Waals surface area (Å²) in [5.41, 5.74) is 0.348. The van der Waals surface area contributed by atoms with Crippen LogP contribution in [0.15, 0.2) is 18.2 Å². The maximum absolute atomic E-state index is 12.8. The summed E-state index contributed by atoms with van der Waals surface area (Å²) >= 11 is 0. The van der Waals surface area contributed by atoms with E-state index in [2.05, 4.69) is 10.6 Å². The first-order chi connectivity index (χ1) is 16.5. The topological polar surface area (TPSA) is 129 Å². The number of amides is 4. The standard InChI is InChI=1S/C25H26N2O8/c1-10(2)32-18-16-17(25(31)27-24(16)30)19(33-11(3)4)21(20(18)34-12(5)6)35-13-7-8-14-15(9-13)23(29)26-22(14)28/h7-12H,1-6H3,(H,26,28,29)(H,27,30,31). The van der Waals surface area contributed by atoms with Crippen molar-refractivity contribution in [2.45, 2.75) is 59.9 Å². The van der Waals surface area contributed by atoms with E-state index in [-0.39, 0.29) is 63.2 Å². The second-order valence-corrected chi connectivity index (χ2v) is 8.94. The van der Waals surface area contributed by atoms with Crippen LogP contribution in [0.3, 0.4) is 0 Å². The quantitative estimate of drug-likeness (QED) is 0.546. The highest BCUT2D eigenvalue weighted by molar-refractivity contribution is 6.25. The molecule has 0 radical (unpaired) electrons. The van der Waals surface area contributed by atoms with Crippen LogP contribution in [-0.4, -0.2) is 41.9 Å². The predicted octanol–water partition coefficient (Wildman–Crippen LogP) is 3.61. The van der Waals surface area contributed by atoms with Crippen molar-refractivity contribution in [3.63, 3.8) is 0 Å². The number of ether oxygens (including phenoxy) is 4. The zero-order valence-electron chi connectivity index (χ0n) is 20.2. The number of nitrogens with one attached hydrogen (secondary N) is 2. The van der Waals surface area contributed by atoms with E-state index >= 15 is 0 Å². The van der Waals surface area contributed by atoms with E-state index in [4.69, 9.17) is 18.9 Å². The van der Waals surface area contributed by atoms with Gasteiger partial charge in [0, 0.05) is 0 Å². The third-order valence-corrected chi connectivity index (χ3v) is 4.99. The van der Waals surface area contributed by atoms with Gasteiger partial charge in [-0.1, -0.05) is 0 Å². The van der Waals surface area contributed by atoms with Crippen LogP contribution in [0.4, 0.5) is 0 Å². The van der Waals surface area contributed by atoms with Crippen molar-refractivity contribution in [1.82, 2.24) is 10.6 Å². The Labute approximate surface area is 201 Å². The zero-order valence-corrected chi connectivity index (χ0v) is 20.2. The number of carbonyl (C=O) groups excluding carboxylic acids is 4. The van der Waals surface area contributed by atoms with E-state index in [9.17, 15) is 19.2 Å². The van der Waals surface area contributed by atoms with E-state index in [0.29, 0.717) is 0 Å². The highest BCUT2D eigenvalue weighted by Gasteiger charge is 2.41. The molecule has 2 N–H and O–H groups in total. The molecule has 2 aromatic rings. The van der Waals surface area contributed by atoms with Gasteiger partial charge in [-0.2, -0.15) is 0 Å². The maximum Gasteiger partial charge on any atom is 0.263 e. The van der Waals surface area contributed by atoms with E-state index in [1.165, 1.54) is 18.2 Å². The smallest absolute Gasteiger partial charge is 0.263 e. The van der Waals surface area contributed by atoms with Gasteiger partial charge in [0.25, 0.3) is 23.6 Å². The van der Waals surface area contributed by atoms with Gasteiger partial charge in [-0.25, -0.2) is 0 Å². The maximum atomic E-state index is 12.8. The Morgan fingerprint density at radius 1 is 0.571 bits per heavy atom. The molecule has 0 saturated carbocycles. The summed E-state index contributed by atoms with van der Waals surface area (Å²) in [6.07, 6.45) is -1.12. The molecule has 0 spiro atoms. The predicted molar refractivity (Wildman–Crippen MR) is 124 cm³/mol. The summed E-state index contributed by atoms with van der Waals surface area (Å²) in [7, 11) is 0. The summed E-state index contributed by atoms with van der Waals surface area (Å²) in [6, 6.07) is 4.39. The van der Waals surface area contributed by atoms with E-state index < -0.39 is 29.7 Å². The van der Waals surface area contributed by atoms with Gasteiger partial charge in [-0.05, 0) is 59.7 Å². The summed E-state index contributed by atoms with van der Waals surface area (Å²) in [5.74, 6) is -2.00. The summed E-state index contributed by atoms with van der Waals surface area (Å²) < 4.78 is 24.2. The highest BCUT2D eigenvalue weighted by Crippen LogP contribution is 2.53. The number of imide groups is 2. The SMILES string of the molecule is CC(C)Oc1c(Oc2ccc3c(c2)C(=O)NC3=O)c(OC(C)C)c2c(c1OC(C)C)C(=O)NC2=O.